The summed E-state index contributed by atoms with van der Waals surface area (Å²) in [5, 5.41) is 8.89. The van der Waals surface area contributed by atoms with Gasteiger partial charge in [0, 0.05) is 56.9 Å². The number of thiophene rings is 1. The Morgan fingerprint density at radius 3 is 2.48 bits per heavy atom. The molecule has 1 saturated heterocycles. The smallest absolute Gasteiger partial charge is 0.191 e. The van der Waals surface area contributed by atoms with Crippen LogP contribution in [-0.2, 0) is 6.54 Å². The summed E-state index contributed by atoms with van der Waals surface area (Å²) in [4.78, 5) is 10.4. The number of halogens is 1. The molecule has 2 aromatic rings. The fourth-order valence-corrected chi connectivity index (χ4v) is 4.03. The molecule has 0 bridgehead atoms. The van der Waals surface area contributed by atoms with Crippen molar-refractivity contribution in [1.29, 1.82) is 0 Å². The summed E-state index contributed by atoms with van der Waals surface area (Å²) in [6, 6.07) is 8.92. The molecular weight excluding hydrogens is 361 g/mol. The molecule has 0 amide bonds. The van der Waals surface area contributed by atoms with Gasteiger partial charge in [0.05, 0.1) is 6.54 Å². The zero-order valence-corrected chi connectivity index (χ0v) is 16.9. The van der Waals surface area contributed by atoms with Crippen molar-refractivity contribution in [2.24, 2.45) is 4.99 Å². The summed E-state index contributed by atoms with van der Waals surface area (Å²) in [5.41, 5.74) is 2.42. The van der Waals surface area contributed by atoms with Gasteiger partial charge in [-0.05, 0) is 48.2 Å². The lowest BCUT2D eigenvalue weighted by molar-refractivity contribution is 0.261. The van der Waals surface area contributed by atoms with E-state index in [0.29, 0.717) is 0 Å². The number of guanidine groups is 1. The summed E-state index contributed by atoms with van der Waals surface area (Å²) in [6.45, 7) is 8.75. The molecule has 0 atom stereocenters. The second kappa shape index (κ2) is 9.71. The first-order valence-electron chi connectivity index (χ1n) is 9.36. The number of rotatable bonds is 6. The highest BCUT2D eigenvalue weighted by Gasteiger charge is 2.16. The summed E-state index contributed by atoms with van der Waals surface area (Å²) < 4.78 is 13.1. The van der Waals surface area contributed by atoms with Crippen molar-refractivity contribution in [2.75, 3.05) is 51.2 Å². The standard InChI is InChI=1S/C20H28FN5S/c1-16-7-14-27-19(16)15-24-20(22-2)23-8-9-25-10-12-26(13-11-25)18-5-3-17(21)4-6-18/h3-7,14H,8-13,15H2,1-2H3,(H2,22,23,24). The number of nitrogens with zero attached hydrogens (tertiary/aromatic N) is 3. The lowest BCUT2D eigenvalue weighted by atomic mass is 10.2. The molecule has 0 spiro atoms. The highest BCUT2D eigenvalue weighted by molar-refractivity contribution is 7.10. The molecule has 0 unspecified atom stereocenters. The second-order valence-corrected chi connectivity index (χ2v) is 7.69. The van der Waals surface area contributed by atoms with Gasteiger partial charge in [0.1, 0.15) is 5.82 Å². The molecule has 0 radical (unpaired) electrons. The Labute approximate surface area is 164 Å². The van der Waals surface area contributed by atoms with Gasteiger partial charge in [-0.3, -0.25) is 9.89 Å². The van der Waals surface area contributed by atoms with Gasteiger partial charge < -0.3 is 15.5 Å². The molecule has 2 heterocycles. The average molecular weight is 390 g/mol. The second-order valence-electron chi connectivity index (χ2n) is 6.68. The van der Waals surface area contributed by atoms with E-state index in [-0.39, 0.29) is 5.82 Å². The molecule has 27 heavy (non-hydrogen) atoms. The van der Waals surface area contributed by atoms with Gasteiger partial charge in [-0.15, -0.1) is 11.3 Å². The van der Waals surface area contributed by atoms with Crippen LogP contribution in [0.4, 0.5) is 10.1 Å². The minimum absolute atomic E-state index is 0.181. The highest BCUT2D eigenvalue weighted by Crippen LogP contribution is 2.17. The molecule has 2 N–H and O–H groups in total. The number of piperazine rings is 1. The molecule has 146 valence electrons. The van der Waals surface area contributed by atoms with E-state index in [1.807, 2.05) is 12.1 Å². The largest absolute Gasteiger partial charge is 0.369 e. The number of anilines is 1. The Bertz CT molecular complexity index is 735. The van der Waals surface area contributed by atoms with Gasteiger partial charge >= 0.3 is 0 Å². The highest BCUT2D eigenvalue weighted by atomic mass is 32.1. The van der Waals surface area contributed by atoms with Gasteiger partial charge in [0.25, 0.3) is 0 Å². The van der Waals surface area contributed by atoms with Crippen LogP contribution in [-0.4, -0.2) is 57.2 Å². The van der Waals surface area contributed by atoms with Crippen LogP contribution in [0.15, 0.2) is 40.7 Å². The SMILES string of the molecule is CN=C(NCCN1CCN(c2ccc(F)cc2)CC1)NCc1sccc1C. The Morgan fingerprint density at radius 1 is 1.11 bits per heavy atom. The third kappa shape index (κ3) is 5.68. The Balaban J connectivity index is 1.35. The first-order chi connectivity index (χ1) is 13.2. The van der Waals surface area contributed by atoms with Crippen molar-refractivity contribution in [3.8, 4) is 0 Å². The first kappa shape index (κ1) is 19.6. The van der Waals surface area contributed by atoms with Crippen LogP contribution in [0, 0.1) is 12.7 Å². The lowest BCUT2D eigenvalue weighted by Crippen LogP contribution is -2.49. The van der Waals surface area contributed by atoms with Crippen LogP contribution in [0.3, 0.4) is 0 Å². The number of aliphatic imine (C=N–C) groups is 1. The number of hydrogen-bond acceptors (Lipinski definition) is 4. The minimum Gasteiger partial charge on any atom is -0.369 e. The topological polar surface area (TPSA) is 42.9 Å². The van der Waals surface area contributed by atoms with E-state index in [1.54, 1.807) is 18.4 Å². The average Bonchev–Trinajstić information content (AvgIpc) is 3.10. The van der Waals surface area contributed by atoms with Gasteiger partial charge in [-0.2, -0.15) is 0 Å². The zero-order chi connectivity index (χ0) is 19.1. The minimum atomic E-state index is -0.181. The van der Waals surface area contributed by atoms with Gasteiger partial charge in [0.15, 0.2) is 5.96 Å². The predicted molar refractivity (Wildman–Crippen MR) is 112 cm³/mol. The van der Waals surface area contributed by atoms with Crippen molar-refractivity contribution in [3.63, 3.8) is 0 Å². The first-order valence-corrected chi connectivity index (χ1v) is 10.2. The quantitative estimate of drug-likeness (QED) is 0.589. The maximum atomic E-state index is 13.1. The van der Waals surface area contributed by atoms with E-state index in [0.717, 1.165) is 57.5 Å². The number of aryl methyl sites for hydroxylation is 1. The Hall–Kier alpha value is -2.12. The Kier molecular flexibility index (Phi) is 7.06. The molecule has 0 saturated carbocycles. The third-order valence-corrected chi connectivity index (χ3v) is 5.92. The molecule has 3 rings (SSSR count). The van der Waals surface area contributed by atoms with Gasteiger partial charge in [0.2, 0.25) is 0 Å². The Morgan fingerprint density at radius 2 is 1.85 bits per heavy atom. The summed E-state index contributed by atoms with van der Waals surface area (Å²) in [5.74, 6) is 0.660. The predicted octanol–water partition coefficient (Wildman–Crippen LogP) is 2.68. The normalized spacial score (nSPS) is 15.8. The van der Waals surface area contributed by atoms with Crippen LogP contribution in [0.1, 0.15) is 10.4 Å². The molecular formula is C20H28FN5S. The molecule has 5 nitrogen and oxygen atoms in total. The van der Waals surface area contributed by atoms with E-state index in [9.17, 15) is 4.39 Å². The summed E-state index contributed by atoms with van der Waals surface area (Å²) >= 11 is 1.77. The van der Waals surface area contributed by atoms with Gasteiger partial charge in [-0.1, -0.05) is 0 Å². The van der Waals surface area contributed by atoms with Crippen molar-refractivity contribution < 1.29 is 4.39 Å². The maximum Gasteiger partial charge on any atom is 0.191 e. The molecule has 1 aliphatic rings. The number of nitrogens with one attached hydrogen (secondary N) is 2. The molecule has 1 aromatic carbocycles. The maximum absolute atomic E-state index is 13.1. The van der Waals surface area contributed by atoms with Crippen LogP contribution < -0.4 is 15.5 Å². The molecule has 1 aliphatic heterocycles. The van der Waals surface area contributed by atoms with Crippen molar-refractivity contribution in [3.05, 3.63) is 52.0 Å². The number of benzene rings is 1. The molecule has 1 aromatic heterocycles. The summed E-state index contributed by atoms with van der Waals surface area (Å²) in [7, 11) is 1.80. The summed E-state index contributed by atoms with van der Waals surface area (Å²) in [6.07, 6.45) is 0. The van der Waals surface area contributed by atoms with E-state index in [4.69, 9.17) is 0 Å². The van der Waals surface area contributed by atoms with Crippen molar-refractivity contribution in [2.45, 2.75) is 13.5 Å². The van der Waals surface area contributed by atoms with E-state index in [1.165, 1.54) is 22.6 Å². The monoisotopic (exact) mass is 389 g/mol. The third-order valence-electron chi connectivity index (χ3n) is 4.89. The fraction of sp³-hybridized carbons (Fsp3) is 0.450. The van der Waals surface area contributed by atoms with E-state index >= 15 is 0 Å². The molecule has 0 aliphatic carbocycles. The number of hydrogen-bond donors (Lipinski definition) is 2. The van der Waals surface area contributed by atoms with Crippen molar-refractivity contribution in [1.82, 2.24) is 15.5 Å². The van der Waals surface area contributed by atoms with Crippen LogP contribution in [0.25, 0.3) is 0 Å². The van der Waals surface area contributed by atoms with Crippen molar-refractivity contribution >= 4 is 23.0 Å². The van der Waals surface area contributed by atoms with Crippen LogP contribution in [0.2, 0.25) is 0 Å². The fourth-order valence-electron chi connectivity index (χ4n) is 3.18. The molecule has 7 heteroatoms. The van der Waals surface area contributed by atoms with Crippen LogP contribution >= 0.6 is 11.3 Å². The lowest BCUT2D eigenvalue weighted by Gasteiger charge is -2.36. The molecule has 1 fully saturated rings. The zero-order valence-electron chi connectivity index (χ0n) is 16.0. The van der Waals surface area contributed by atoms with E-state index in [2.05, 4.69) is 43.8 Å². The van der Waals surface area contributed by atoms with E-state index < -0.39 is 0 Å². The van der Waals surface area contributed by atoms with Crippen LogP contribution in [0.5, 0.6) is 0 Å². The van der Waals surface area contributed by atoms with Gasteiger partial charge in [-0.25, -0.2) is 4.39 Å².